The number of carbonyl (C=O) groups excluding carboxylic acids is 1. The summed E-state index contributed by atoms with van der Waals surface area (Å²) in [6.07, 6.45) is 6.68. The van der Waals surface area contributed by atoms with Gasteiger partial charge < -0.3 is 10.6 Å². The van der Waals surface area contributed by atoms with E-state index < -0.39 is 0 Å². The van der Waals surface area contributed by atoms with Crippen molar-refractivity contribution >= 4 is 17.3 Å². The van der Waals surface area contributed by atoms with E-state index in [1.54, 1.807) is 0 Å². The van der Waals surface area contributed by atoms with Crippen LogP contribution in [0, 0.1) is 0 Å². The molecule has 1 saturated carbocycles. The number of carbonyl (C=O) groups is 1. The molecule has 0 saturated heterocycles. The number of amides is 1. The van der Waals surface area contributed by atoms with E-state index >= 15 is 0 Å². The van der Waals surface area contributed by atoms with Crippen molar-refractivity contribution in [1.82, 2.24) is 0 Å². The number of para-hydroxylation sites is 2. The second-order valence-electron chi connectivity index (χ2n) is 5.12. The average molecular weight is 230 g/mol. The lowest BCUT2D eigenvalue weighted by molar-refractivity contribution is -0.121. The topological polar surface area (TPSA) is 41.1 Å². The van der Waals surface area contributed by atoms with E-state index in [0.29, 0.717) is 0 Å². The van der Waals surface area contributed by atoms with E-state index in [2.05, 4.69) is 10.6 Å². The Kier molecular flexibility index (Phi) is 2.54. The van der Waals surface area contributed by atoms with Gasteiger partial charge in [0.1, 0.15) is 5.54 Å². The SMILES string of the molecule is O=C1Nc2ccccc2NC12CCCCCC2. The molecule has 0 aromatic heterocycles. The van der Waals surface area contributed by atoms with Crippen LogP contribution >= 0.6 is 0 Å². The predicted molar refractivity (Wildman–Crippen MR) is 69.1 cm³/mol. The summed E-state index contributed by atoms with van der Waals surface area (Å²) >= 11 is 0. The third kappa shape index (κ3) is 1.79. The van der Waals surface area contributed by atoms with E-state index in [9.17, 15) is 4.79 Å². The summed E-state index contributed by atoms with van der Waals surface area (Å²) in [5.74, 6) is 0.151. The lowest BCUT2D eigenvalue weighted by Crippen LogP contribution is -2.52. The molecular weight excluding hydrogens is 212 g/mol. The van der Waals surface area contributed by atoms with Crippen LogP contribution in [0.1, 0.15) is 38.5 Å². The van der Waals surface area contributed by atoms with E-state index in [4.69, 9.17) is 0 Å². The summed E-state index contributed by atoms with van der Waals surface area (Å²) in [5, 5.41) is 6.54. The van der Waals surface area contributed by atoms with Gasteiger partial charge in [0.05, 0.1) is 11.4 Å². The first-order valence-corrected chi connectivity index (χ1v) is 6.49. The number of fused-ring (bicyclic) bond motifs is 1. The largest absolute Gasteiger partial charge is 0.370 e. The molecule has 1 fully saturated rings. The van der Waals surface area contributed by atoms with Crippen LogP contribution in [0.2, 0.25) is 0 Å². The summed E-state index contributed by atoms with van der Waals surface area (Å²) in [5.41, 5.74) is 1.62. The van der Waals surface area contributed by atoms with Crippen LogP contribution in [0.4, 0.5) is 11.4 Å². The molecule has 1 spiro atoms. The van der Waals surface area contributed by atoms with Gasteiger partial charge in [0.15, 0.2) is 0 Å². The molecule has 3 heteroatoms. The molecule has 17 heavy (non-hydrogen) atoms. The lowest BCUT2D eigenvalue weighted by atomic mass is 9.87. The van der Waals surface area contributed by atoms with Crippen molar-refractivity contribution in [3.8, 4) is 0 Å². The van der Waals surface area contributed by atoms with Gasteiger partial charge in [-0.1, -0.05) is 37.8 Å². The first-order chi connectivity index (χ1) is 8.30. The smallest absolute Gasteiger partial charge is 0.250 e. The molecule has 2 aliphatic rings. The van der Waals surface area contributed by atoms with E-state index in [1.165, 1.54) is 12.8 Å². The van der Waals surface area contributed by atoms with Crippen molar-refractivity contribution < 1.29 is 4.79 Å². The first kappa shape index (κ1) is 10.6. The first-order valence-electron chi connectivity index (χ1n) is 6.49. The van der Waals surface area contributed by atoms with Gasteiger partial charge in [0.2, 0.25) is 5.91 Å². The highest BCUT2D eigenvalue weighted by molar-refractivity contribution is 6.06. The summed E-state index contributed by atoms with van der Waals surface area (Å²) in [6, 6.07) is 7.95. The van der Waals surface area contributed by atoms with Crippen molar-refractivity contribution in [3.63, 3.8) is 0 Å². The molecule has 0 atom stereocenters. The molecule has 0 bridgehead atoms. The maximum Gasteiger partial charge on any atom is 0.250 e. The van der Waals surface area contributed by atoms with Crippen LogP contribution in [-0.4, -0.2) is 11.4 Å². The minimum absolute atomic E-state index is 0.151. The highest BCUT2D eigenvalue weighted by Crippen LogP contribution is 2.37. The maximum absolute atomic E-state index is 12.3. The number of benzene rings is 1. The highest BCUT2D eigenvalue weighted by Gasteiger charge is 2.41. The third-order valence-electron chi connectivity index (χ3n) is 3.94. The number of hydrogen-bond donors (Lipinski definition) is 2. The molecule has 1 aromatic carbocycles. The molecule has 1 aliphatic carbocycles. The van der Waals surface area contributed by atoms with Gasteiger partial charge in [-0.3, -0.25) is 4.79 Å². The Morgan fingerprint density at radius 1 is 0.941 bits per heavy atom. The monoisotopic (exact) mass is 230 g/mol. The standard InChI is InChI=1S/C14H18N2O/c17-13-14(9-5-1-2-6-10-14)16-12-8-4-3-7-11(12)15-13/h3-4,7-8,16H,1-2,5-6,9-10H2,(H,15,17). The molecule has 1 aliphatic heterocycles. The van der Waals surface area contributed by atoms with Gasteiger partial charge in [-0.25, -0.2) is 0 Å². The molecule has 0 radical (unpaired) electrons. The normalized spacial score (nSPS) is 22.2. The van der Waals surface area contributed by atoms with E-state index in [-0.39, 0.29) is 11.4 Å². The lowest BCUT2D eigenvalue weighted by Gasteiger charge is -2.38. The average Bonchev–Trinajstić information content (AvgIpc) is 2.57. The fraction of sp³-hybridized carbons (Fsp3) is 0.500. The van der Waals surface area contributed by atoms with Gasteiger partial charge in [0, 0.05) is 0 Å². The molecule has 1 aromatic rings. The second kappa shape index (κ2) is 4.06. The summed E-state index contributed by atoms with van der Waals surface area (Å²) < 4.78 is 0. The van der Waals surface area contributed by atoms with Crippen molar-refractivity contribution in [2.24, 2.45) is 0 Å². The Bertz CT molecular complexity index is 434. The molecule has 1 heterocycles. The zero-order valence-electron chi connectivity index (χ0n) is 9.96. The second-order valence-corrected chi connectivity index (χ2v) is 5.12. The van der Waals surface area contributed by atoms with Gasteiger partial charge in [0.25, 0.3) is 0 Å². The van der Waals surface area contributed by atoms with Crippen molar-refractivity contribution in [2.45, 2.75) is 44.1 Å². The maximum atomic E-state index is 12.3. The summed E-state index contributed by atoms with van der Waals surface area (Å²) in [7, 11) is 0. The number of nitrogens with one attached hydrogen (secondary N) is 2. The van der Waals surface area contributed by atoms with Crippen LogP contribution in [0.3, 0.4) is 0 Å². The van der Waals surface area contributed by atoms with Gasteiger partial charge in [-0.2, -0.15) is 0 Å². The van der Waals surface area contributed by atoms with Crippen molar-refractivity contribution in [1.29, 1.82) is 0 Å². The molecular formula is C14H18N2O. The Balaban J connectivity index is 1.95. The summed E-state index contributed by atoms with van der Waals surface area (Å²) in [4.78, 5) is 12.3. The Morgan fingerprint density at radius 3 is 2.29 bits per heavy atom. The summed E-state index contributed by atoms with van der Waals surface area (Å²) in [6.45, 7) is 0. The van der Waals surface area contributed by atoms with Crippen LogP contribution in [0.5, 0.6) is 0 Å². The number of anilines is 2. The quantitative estimate of drug-likeness (QED) is 0.719. The fourth-order valence-electron chi connectivity index (χ4n) is 2.94. The van der Waals surface area contributed by atoms with Gasteiger partial charge in [-0.15, -0.1) is 0 Å². The number of hydrogen-bond acceptors (Lipinski definition) is 2. The molecule has 2 N–H and O–H groups in total. The molecule has 0 unspecified atom stereocenters. The molecule has 3 nitrogen and oxygen atoms in total. The minimum atomic E-state index is -0.356. The van der Waals surface area contributed by atoms with Crippen molar-refractivity contribution in [3.05, 3.63) is 24.3 Å². The zero-order chi connectivity index (χ0) is 11.7. The van der Waals surface area contributed by atoms with E-state index in [1.807, 2.05) is 24.3 Å². The van der Waals surface area contributed by atoms with Gasteiger partial charge in [-0.05, 0) is 25.0 Å². The fourth-order valence-corrected chi connectivity index (χ4v) is 2.94. The molecule has 90 valence electrons. The zero-order valence-corrected chi connectivity index (χ0v) is 9.96. The highest BCUT2D eigenvalue weighted by atomic mass is 16.2. The van der Waals surface area contributed by atoms with Gasteiger partial charge >= 0.3 is 0 Å². The Morgan fingerprint density at radius 2 is 1.59 bits per heavy atom. The Hall–Kier alpha value is -1.51. The van der Waals surface area contributed by atoms with Crippen LogP contribution in [-0.2, 0) is 4.79 Å². The predicted octanol–water partition coefficient (Wildman–Crippen LogP) is 3.14. The third-order valence-corrected chi connectivity index (χ3v) is 3.94. The number of rotatable bonds is 0. The molecule has 1 amide bonds. The van der Waals surface area contributed by atoms with Crippen molar-refractivity contribution in [2.75, 3.05) is 10.6 Å². The van der Waals surface area contributed by atoms with Crippen LogP contribution < -0.4 is 10.6 Å². The molecule has 3 rings (SSSR count). The minimum Gasteiger partial charge on any atom is -0.370 e. The van der Waals surface area contributed by atoms with Crippen LogP contribution in [0.25, 0.3) is 0 Å². The van der Waals surface area contributed by atoms with Crippen LogP contribution in [0.15, 0.2) is 24.3 Å². The Labute approximate surface area is 102 Å². The van der Waals surface area contributed by atoms with E-state index in [0.717, 1.165) is 37.1 Å².